The number of piperidine rings is 1. The van der Waals surface area contributed by atoms with Crippen LogP contribution in [0.15, 0.2) is 12.1 Å². The number of ether oxygens (including phenoxy) is 1. The first-order valence-corrected chi connectivity index (χ1v) is 12.2. The van der Waals surface area contributed by atoms with Gasteiger partial charge < -0.3 is 9.64 Å². The van der Waals surface area contributed by atoms with E-state index in [0.717, 1.165) is 25.3 Å². The second-order valence-electron chi connectivity index (χ2n) is 10.9. The Balaban J connectivity index is 1.32. The zero-order chi connectivity index (χ0) is 24.2. The van der Waals surface area contributed by atoms with Crippen LogP contribution in [0.1, 0.15) is 69.6 Å². The largest absolute Gasteiger partial charge is 0.444 e. The Hall–Kier alpha value is -2.58. The molecule has 6 nitrogen and oxygen atoms in total. The van der Waals surface area contributed by atoms with Gasteiger partial charge >= 0.3 is 6.09 Å². The second kappa shape index (κ2) is 8.57. The van der Waals surface area contributed by atoms with Crippen LogP contribution >= 0.6 is 0 Å². The van der Waals surface area contributed by atoms with E-state index in [1.807, 2.05) is 25.7 Å². The molecule has 1 saturated carbocycles. The molecule has 1 amide bonds. The Bertz CT molecular complexity index is 1080. The molecule has 5 rings (SSSR count). The minimum atomic E-state index is -1.44. The normalized spacial score (nSPS) is 26.5. The molecular weight excluding hydrogens is 445 g/mol. The minimum Gasteiger partial charge on any atom is -0.444 e. The predicted octanol–water partition coefficient (Wildman–Crippen LogP) is 5.06. The average molecular weight is 477 g/mol. The summed E-state index contributed by atoms with van der Waals surface area (Å²) in [6.07, 6.45) is 3.94. The molecule has 34 heavy (non-hydrogen) atoms. The Morgan fingerprint density at radius 3 is 2.47 bits per heavy atom. The number of aryl methyl sites for hydroxylation is 1. The number of aromatic nitrogens is 3. The van der Waals surface area contributed by atoms with Crippen molar-refractivity contribution >= 4 is 6.09 Å². The van der Waals surface area contributed by atoms with E-state index < -0.39 is 29.0 Å². The molecule has 184 valence electrons. The maximum absolute atomic E-state index is 14.5. The highest BCUT2D eigenvalue weighted by atomic mass is 19.2. The van der Waals surface area contributed by atoms with Crippen molar-refractivity contribution in [3.05, 3.63) is 46.8 Å². The van der Waals surface area contributed by atoms with Crippen LogP contribution in [0.4, 0.5) is 18.0 Å². The van der Waals surface area contributed by atoms with Crippen LogP contribution in [-0.4, -0.2) is 44.4 Å². The molecule has 1 aromatic heterocycles. The molecule has 1 aliphatic carbocycles. The fraction of sp³-hybridized carbons (Fsp3) is 0.640. The maximum atomic E-state index is 14.5. The summed E-state index contributed by atoms with van der Waals surface area (Å²) in [5.74, 6) is -1.79. The molecule has 9 heteroatoms. The first-order valence-electron chi connectivity index (χ1n) is 12.2. The van der Waals surface area contributed by atoms with Gasteiger partial charge in [-0.1, -0.05) is 6.07 Å². The molecule has 4 atom stereocenters. The summed E-state index contributed by atoms with van der Waals surface area (Å²) in [5, 5.41) is 4.70. The summed E-state index contributed by atoms with van der Waals surface area (Å²) in [7, 11) is 0. The van der Waals surface area contributed by atoms with Crippen LogP contribution in [0.2, 0.25) is 0 Å². The van der Waals surface area contributed by atoms with Crippen molar-refractivity contribution in [3.8, 4) is 0 Å². The Morgan fingerprint density at radius 2 is 1.79 bits per heavy atom. The van der Waals surface area contributed by atoms with Crippen molar-refractivity contribution in [2.75, 3.05) is 13.1 Å². The molecular formula is C25H31F3N4O2. The molecule has 2 unspecified atom stereocenters. The smallest absolute Gasteiger partial charge is 0.410 e. The number of carbonyl (C=O) groups is 1. The third-order valence-electron chi connectivity index (χ3n) is 7.46. The number of carbonyl (C=O) groups excluding carboxylic acids is 1. The van der Waals surface area contributed by atoms with Crippen LogP contribution in [0.25, 0.3) is 0 Å². The Labute approximate surface area is 197 Å². The van der Waals surface area contributed by atoms with Gasteiger partial charge in [0, 0.05) is 37.5 Å². The van der Waals surface area contributed by atoms with Gasteiger partial charge in [0.25, 0.3) is 0 Å². The lowest BCUT2D eigenvalue weighted by Crippen LogP contribution is -2.47. The minimum absolute atomic E-state index is 0.129. The molecule has 0 radical (unpaired) electrons. The van der Waals surface area contributed by atoms with Crippen LogP contribution in [0, 0.1) is 35.2 Å². The van der Waals surface area contributed by atoms with Crippen LogP contribution in [0.5, 0.6) is 0 Å². The zero-order valence-electron chi connectivity index (χ0n) is 19.9. The molecule has 2 aliphatic heterocycles. The van der Waals surface area contributed by atoms with Gasteiger partial charge in [-0.05, 0) is 70.3 Å². The topological polar surface area (TPSA) is 60.2 Å². The molecule has 0 N–H and O–H groups in total. The Kier molecular flexibility index (Phi) is 5.84. The van der Waals surface area contributed by atoms with Gasteiger partial charge in [-0.3, -0.25) is 0 Å². The fourth-order valence-corrected chi connectivity index (χ4v) is 5.95. The molecule has 2 bridgehead atoms. The van der Waals surface area contributed by atoms with E-state index >= 15 is 0 Å². The molecule has 2 aromatic rings. The van der Waals surface area contributed by atoms with E-state index in [2.05, 4.69) is 0 Å². The standard InChI is InChI=1S/C25H31F3N4O2/c1-25(2,3)34-24(33)31-12-14-6-7-15(13-31)18(14)11-20-29-23-17(5-4-10-32(23)30-20)16-8-9-19(26)22(28)21(16)27/h8-9,14-15,17-18H,4-7,10-13H2,1-3H3/t14-,15+,17?,18?. The summed E-state index contributed by atoms with van der Waals surface area (Å²) < 4.78 is 49.2. The number of likely N-dealkylation sites (tertiary alicyclic amines) is 1. The lowest BCUT2D eigenvalue weighted by atomic mass is 9.82. The lowest BCUT2D eigenvalue weighted by molar-refractivity contribution is 0.00786. The predicted molar refractivity (Wildman–Crippen MR) is 119 cm³/mol. The summed E-state index contributed by atoms with van der Waals surface area (Å²) >= 11 is 0. The molecule has 3 heterocycles. The highest BCUT2D eigenvalue weighted by Gasteiger charge is 2.44. The van der Waals surface area contributed by atoms with Gasteiger partial charge in [-0.2, -0.15) is 5.10 Å². The number of amides is 1. The van der Waals surface area contributed by atoms with E-state index in [-0.39, 0.29) is 11.7 Å². The van der Waals surface area contributed by atoms with Gasteiger partial charge in [-0.15, -0.1) is 0 Å². The first kappa shape index (κ1) is 23.2. The monoisotopic (exact) mass is 476 g/mol. The van der Waals surface area contributed by atoms with Gasteiger partial charge in [-0.25, -0.2) is 27.6 Å². The van der Waals surface area contributed by atoms with Crippen molar-refractivity contribution in [2.24, 2.45) is 17.8 Å². The second-order valence-corrected chi connectivity index (χ2v) is 10.9. The van der Waals surface area contributed by atoms with E-state index in [4.69, 9.17) is 14.8 Å². The number of fused-ring (bicyclic) bond motifs is 3. The number of nitrogens with zero attached hydrogens (tertiary/aromatic N) is 4. The third-order valence-corrected chi connectivity index (χ3v) is 7.46. The summed E-state index contributed by atoms with van der Waals surface area (Å²) in [4.78, 5) is 19.2. The zero-order valence-corrected chi connectivity index (χ0v) is 19.9. The van der Waals surface area contributed by atoms with Crippen molar-refractivity contribution < 1.29 is 22.7 Å². The summed E-state index contributed by atoms with van der Waals surface area (Å²) in [5.41, 5.74) is -0.389. The van der Waals surface area contributed by atoms with Crippen molar-refractivity contribution in [1.82, 2.24) is 19.7 Å². The Morgan fingerprint density at radius 1 is 1.09 bits per heavy atom. The van der Waals surface area contributed by atoms with E-state index in [1.54, 1.807) is 4.68 Å². The third kappa shape index (κ3) is 4.29. The molecule has 1 aromatic carbocycles. The van der Waals surface area contributed by atoms with Crippen molar-refractivity contribution in [3.63, 3.8) is 0 Å². The van der Waals surface area contributed by atoms with E-state index in [0.29, 0.717) is 61.9 Å². The number of hydrogen-bond acceptors (Lipinski definition) is 4. The van der Waals surface area contributed by atoms with Crippen molar-refractivity contribution in [2.45, 2.75) is 70.9 Å². The van der Waals surface area contributed by atoms with Gasteiger partial charge in [0.05, 0.1) is 0 Å². The van der Waals surface area contributed by atoms with Crippen LogP contribution in [0.3, 0.4) is 0 Å². The van der Waals surface area contributed by atoms with E-state index in [1.165, 1.54) is 6.07 Å². The molecule has 0 spiro atoms. The molecule has 1 saturated heterocycles. The lowest BCUT2D eigenvalue weighted by Gasteiger charge is -2.38. The molecule has 2 fully saturated rings. The SMILES string of the molecule is CC(C)(C)OC(=O)N1C[C@H]2CC[C@@H](C1)C2Cc1nc2n(n1)CCCC2c1ccc(F)c(F)c1F. The fourth-order valence-electron chi connectivity index (χ4n) is 5.95. The highest BCUT2D eigenvalue weighted by molar-refractivity contribution is 5.68. The maximum Gasteiger partial charge on any atom is 0.410 e. The van der Waals surface area contributed by atoms with Crippen LogP contribution < -0.4 is 0 Å². The number of hydrogen-bond donors (Lipinski definition) is 0. The van der Waals surface area contributed by atoms with Gasteiger partial charge in [0.2, 0.25) is 0 Å². The summed E-state index contributed by atoms with van der Waals surface area (Å²) in [6, 6.07) is 2.29. The number of halogens is 3. The first-order chi connectivity index (χ1) is 16.1. The quantitative estimate of drug-likeness (QED) is 0.582. The van der Waals surface area contributed by atoms with Crippen LogP contribution in [-0.2, 0) is 17.7 Å². The highest BCUT2D eigenvalue weighted by Crippen LogP contribution is 2.44. The van der Waals surface area contributed by atoms with Gasteiger partial charge in [0.15, 0.2) is 23.3 Å². The average Bonchev–Trinajstić information content (AvgIpc) is 3.27. The summed E-state index contributed by atoms with van der Waals surface area (Å²) in [6.45, 7) is 7.64. The molecule has 3 aliphatic rings. The number of benzene rings is 1. The van der Waals surface area contributed by atoms with Crippen molar-refractivity contribution in [1.29, 1.82) is 0 Å². The van der Waals surface area contributed by atoms with Gasteiger partial charge in [0.1, 0.15) is 11.4 Å². The van der Waals surface area contributed by atoms with E-state index in [9.17, 15) is 18.0 Å². The number of rotatable bonds is 3.